The average Bonchev–Trinajstić information content (AvgIpc) is 2.69. The predicted molar refractivity (Wildman–Crippen MR) is 72.3 cm³/mol. The van der Waals surface area contributed by atoms with Crippen LogP contribution in [-0.4, -0.2) is 41.1 Å². The molecule has 1 aromatic heterocycles. The minimum absolute atomic E-state index is 0.204. The summed E-state index contributed by atoms with van der Waals surface area (Å²) < 4.78 is 0. The van der Waals surface area contributed by atoms with Crippen LogP contribution in [0.2, 0.25) is 0 Å². The number of nitrogens with zero attached hydrogens (tertiary/aromatic N) is 2. The monoisotopic (exact) mass is 268 g/mol. The van der Waals surface area contributed by atoms with E-state index in [1.807, 2.05) is 6.92 Å². The summed E-state index contributed by atoms with van der Waals surface area (Å²) in [5.74, 6) is -0.160. The Balaban J connectivity index is 2.01. The molecule has 0 bridgehead atoms. The Bertz CT molecular complexity index is 423. The Morgan fingerprint density at radius 1 is 1.50 bits per heavy atom. The van der Waals surface area contributed by atoms with Gasteiger partial charge in [-0.05, 0) is 46.3 Å². The van der Waals surface area contributed by atoms with Crippen LogP contribution < -0.4 is 0 Å². The smallest absolute Gasteiger partial charge is 0.303 e. The normalized spacial score (nSPS) is 18.1. The van der Waals surface area contributed by atoms with Gasteiger partial charge in [0, 0.05) is 10.8 Å². The van der Waals surface area contributed by atoms with Crippen LogP contribution in [0, 0.1) is 6.92 Å². The number of thiazole rings is 1. The average molecular weight is 268 g/mol. The highest BCUT2D eigenvalue weighted by Crippen LogP contribution is 2.32. The quantitative estimate of drug-likeness (QED) is 0.910. The molecule has 1 aromatic rings. The maximum absolute atomic E-state index is 10.6. The van der Waals surface area contributed by atoms with Crippen molar-refractivity contribution >= 4 is 17.3 Å². The molecule has 0 radical (unpaired) electrons. The first-order valence-corrected chi connectivity index (χ1v) is 7.24. The van der Waals surface area contributed by atoms with Crippen molar-refractivity contribution in [3.05, 3.63) is 15.6 Å². The van der Waals surface area contributed by atoms with Gasteiger partial charge in [-0.15, -0.1) is 11.3 Å². The summed E-state index contributed by atoms with van der Waals surface area (Å²) in [6, 6.07) is 0. The van der Waals surface area contributed by atoms with Crippen LogP contribution in [0.1, 0.15) is 40.8 Å². The standard InChI is InChI=1S/C13H20N2O2S/c1-9-11(3-4-12(16)17)18-13(14-9)10-5-7-15(2)8-6-10/h10H,3-8H2,1-2H3,(H,16,17). The Morgan fingerprint density at radius 3 is 2.78 bits per heavy atom. The number of carboxylic acids is 1. The van der Waals surface area contributed by atoms with Gasteiger partial charge in [0.15, 0.2) is 0 Å². The molecule has 1 saturated heterocycles. The molecule has 0 amide bonds. The van der Waals surface area contributed by atoms with Crippen molar-refractivity contribution in [3.63, 3.8) is 0 Å². The molecular formula is C13H20N2O2S. The SMILES string of the molecule is Cc1nc(C2CCN(C)CC2)sc1CCC(=O)O. The van der Waals surface area contributed by atoms with E-state index in [1.165, 1.54) is 17.8 Å². The van der Waals surface area contributed by atoms with Gasteiger partial charge in [0.1, 0.15) is 0 Å². The number of rotatable bonds is 4. The van der Waals surface area contributed by atoms with E-state index in [1.54, 1.807) is 11.3 Å². The molecule has 0 aliphatic carbocycles. The molecular weight excluding hydrogens is 248 g/mol. The van der Waals surface area contributed by atoms with E-state index >= 15 is 0 Å². The summed E-state index contributed by atoms with van der Waals surface area (Å²) in [6.45, 7) is 4.26. The van der Waals surface area contributed by atoms with Crippen LogP contribution in [0.25, 0.3) is 0 Å². The number of carbonyl (C=O) groups is 1. The molecule has 1 aliphatic heterocycles. The van der Waals surface area contributed by atoms with Gasteiger partial charge in [-0.1, -0.05) is 0 Å². The Kier molecular flexibility index (Phi) is 4.35. The van der Waals surface area contributed by atoms with Gasteiger partial charge < -0.3 is 10.0 Å². The van der Waals surface area contributed by atoms with E-state index in [-0.39, 0.29) is 6.42 Å². The second kappa shape index (κ2) is 5.80. The molecule has 0 atom stereocenters. The minimum atomic E-state index is -0.733. The first-order valence-electron chi connectivity index (χ1n) is 6.43. The van der Waals surface area contributed by atoms with Gasteiger partial charge in [0.25, 0.3) is 0 Å². The highest BCUT2D eigenvalue weighted by Gasteiger charge is 2.22. The Morgan fingerprint density at radius 2 is 2.17 bits per heavy atom. The van der Waals surface area contributed by atoms with Crippen molar-refractivity contribution in [3.8, 4) is 0 Å². The largest absolute Gasteiger partial charge is 0.481 e. The molecule has 18 heavy (non-hydrogen) atoms. The summed E-state index contributed by atoms with van der Waals surface area (Å²) in [6.07, 6.45) is 3.16. The first kappa shape index (κ1) is 13.5. The second-order valence-electron chi connectivity index (χ2n) is 5.03. The number of aromatic nitrogens is 1. The van der Waals surface area contributed by atoms with Gasteiger partial charge in [-0.2, -0.15) is 0 Å². The lowest BCUT2D eigenvalue weighted by molar-refractivity contribution is -0.136. The fraction of sp³-hybridized carbons (Fsp3) is 0.692. The van der Waals surface area contributed by atoms with E-state index < -0.39 is 5.97 Å². The zero-order valence-electron chi connectivity index (χ0n) is 11.0. The summed E-state index contributed by atoms with van der Waals surface area (Å²) in [7, 11) is 2.15. The van der Waals surface area contributed by atoms with Gasteiger partial charge in [-0.25, -0.2) is 4.98 Å². The first-order chi connectivity index (χ1) is 8.56. The number of piperidine rings is 1. The Hall–Kier alpha value is -0.940. The minimum Gasteiger partial charge on any atom is -0.481 e. The maximum atomic E-state index is 10.6. The van der Waals surface area contributed by atoms with Crippen molar-refractivity contribution in [2.75, 3.05) is 20.1 Å². The molecule has 0 unspecified atom stereocenters. The van der Waals surface area contributed by atoms with Crippen molar-refractivity contribution in [1.29, 1.82) is 0 Å². The highest BCUT2D eigenvalue weighted by molar-refractivity contribution is 7.11. The zero-order chi connectivity index (χ0) is 13.1. The second-order valence-corrected chi connectivity index (χ2v) is 6.15. The van der Waals surface area contributed by atoms with Crippen molar-refractivity contribution in [2.24, 2.45) is 0 Å². The topological polar surface area (TPSA) is 53.4 Å². The lowest BCUT2D eigenvalue weighted by atomic mass is 9.98. The van der Waals surface area contributed by atoms with Crippen LogP contribution in [0.5, 0.6) is 0 Å². The lowest BCUT2D eigenvalue weighted by Gasteiger charge is -2.27. The highest BCUT2D eigenvalue weighted by atomic mass is 32.1. The van der Waals surface area contributed by atoms with E-state index in [0.29, 0.717) is 12.3 Å². The molecule has 0 spiro atoms. The molecule has 1 N–H and O–H groups in total. The van der Waals surface area contributed by atoms with Crippen LogP contribution in [0.4, 0.5) is 0 Å². The number of hydrogen-bond donors (Lipinski definition) is 1. The summed E-state index contributed by atoms with van der Waals surface area (Å²) >= 11 is 1.72. The fourth-order valence-electron chi connectivity index (χ4n) is 2.33. The number of carboxylic acid groups (broad SMARTS) is 1. The van der Waals surface area contributed by atoms with Crippen LogP contribution in [-0.2, 0) is 11.2 Å². The van der Waals surface area contributed by atoms with Crippen LogP contribution in [0.3, 0.4) is 0 Å². The van der Waals surface area contributed by atoms with Crippen molar-refractivity contribution < 1.29 is 9.90 Å². The number of aryl methyl sites for hydroxylation is 2. The number of likely N-dealkylation sites (tertiary alicyclic amines) is 1. The predicted octanol–water partition coefficient (Wildman–Crippen LogP) is 2.28. The summed E-state index contributed by atoms with van der Waals surface area (Å²) in [5.41, 5.74) is 1.02. The zero-order valence-corrected chi connectivity index (χ0v) is 11.8. The molecule has 2 heterocycles. The van der Waals surface area contributed by atoms with Gasteiger partial charge >= 0.3 is 5.97 Å². The van der Waals surface area contributed by atoms with Crippen molar-refractivity contribution in [2.45, 2.75) is 38.5 Å². The van der Waals surface area contributed by atoms with Gasteiger partial charge in [0.2, 0.25) is 0 Å². The number of hydrogen-bond acceptors (Lipinski definition) is 4. The molecule has 2 rings (SSSR count). The molecule has 1 aliphatic rings. The van der Waals surface area contributed by atoms with Crippen LogP contribution in [0.15, 0.2) is 0 Å². The van der Waals surface area contributed by atoms with Crippen LogP contribution >= 0.6 is 11.3 Å². The summed E-state index contributed by atoms with van der Waals surface area (Å²) in [5, 5.41) is 9.94. The maximum Gasteiger partial charge on any atom is 0.303 e. The van der Waals surface area contributed by atoms with Crippen molar-refractivity contribution in [1.82, 2.24) is 9.88 Å². The summed E-state index contributed by atoms with van der Waals surface area (Å²) in [4.78, 5) is 18.7. The van der Waals surface area contributed by atoms with E-state index in [2.05, 4.69) is 16.9 Å². The molecule has 0 aromatic carbocycles. The van der Waals surface area contributed by atoms with E-state index in [9.17, 15) is 4.79 Å². The third-order valence-corrected chi connectivity index (χ3v) is 4.92. The van der Waals surface area contributed by atoms with Gasteiger partial charge in [0.05, 0.1) is 17.1 Å². The molecule has 1 fully saturated rings. The lowest BCUT2D eigenvalue weighted by Crippen LogP contribution is -2.29. The third kappa shape index (κ3) is 3.29. The fourth-order valence-corrected chi connectivity index (χ4v) is 3.57. The van der Waals surface area contributed by atoms with E-state index in [4.69, 9.17) is 5.11 Å². The Labute approximate surface area is 112 Å². The van der Waals surface area contributed by atoms with Gasteiger partial charge in [-0.3, -0.25) is 4.79 Å². The molecule has 0 saturated carbocycles. The molecule has 5 heteroatoms. The molecule has 100 valence electrons. The molecule has 4 nitrogen and oxygen atoms in total. The third-order valence-electron chi connectivity index (χ3n) is 3.54. The van der Waals surface area contributed by atoms with E-state index in [0.717, 1.165) is 23.7 Å². The number of aliphatic carboxylic acids is 1.